The molecule has 0 saturated carbocycles. The van der Waals surface area contributed by atoms with Gasteiger partial charge in [0.25, 0.3) is 5.91 Å². The molecule has 2 aromatic rings. The molecule has 0 saturated heterocycles. The van der Waals surface area contributed by atoms with Crippen LogP contribution in [-0.4, -0.2) is 38.0 Å². The minimum atomic E-state index is -0.659. The largest absolute Gasteiger partial charge is 0.504 e. The van der Waals surface area contributed by atoms with E-state index in [4.69, 9.17) is 0 Å². The Hall–Kier alpha value is -2.74. The van der Waals surface area contributed by atoms with E-state index in [1.165, 1.54) is 0 Å². The Morgan fingerprint density at radius 1 is 1.24 bits per heavy atom. The van der Waals surface area contributed by atoms with E-state index in [1.54, 1.807) is 0 Å². The van der Waals surface area contributed by atoms with Gasteiger partial charge in [-0.2, -0.15) is 5.10 Å². The van der Waals surface area contributed by atoms with Crippen molar-refractivity contribution >= 4 is 11.7 Å². The summed E-state index contributed by atoms with van der Waals surface area (Å²) in [6.07, 6.45) is 0.805. The quantitative estimate of drug-likeness (QED) is 0.445. The van der Waals surface area contributed by atoms with Crippen molar-refractivity contribution in [2.24, 2.45) is 0 Å². The number of aromatic nitrogens is 2. The molecule has 1 aliphatic rings. The van der Waals surface area contributed by atoms with Crippen molar-refractivity contribution in [2.75, 3.05) is 11.9 Å². The highest BCUT2D eigenvalue weighted by Crippen LogP contribution is 2.35. The number of nitrogens with zero attached hydrogens (tertiary/aromatic N) is 1. The van der Waals surface area contributed by atoms with Crippen molar-refractivity contribution in [2.45, 2.75) is 13.0 Å². The number of carbonyl (C=O) groups excluding carboxylic acids is 1. The highest BCUT2D eigenvalue weighted by molar-refractivity contribution is 6.05. The lowest BCUT2D eigenvalue weighted by Crippen LogP contribution is -2.24. The lowest BCUT2D eigenvalue weighted by molar-refractivity contribution is 0.102. The summed E-state index contributed by atoms with van der Waals surface area (Å²) >= 11 is 0. The number of anilines is 1. The fourth-order valence-corrected chi connectivity index (χ4v) is 2.24. The average molecular weight is 290 g/mol. The van der Waals surface area contributed by atoms with Crippen molar-refractivity contribution in [1.82, 2.24) is 15.5 Å². The van der Waals surface area contributed by atoms with Gasteiger partial charge in [-0.15, -0.1) is 0 Å². The molecule has 8 heteroatoms. The maximum absolute atomic E-state index is 12.1. The van der Waals surface area contributed by atoms with Crippen LogP contribution >= 0.6 is 0 Å². The first-order valence-electron chi connectivity index (χ1n) is 6.39. The first-order valence-corrected chi connectivity index (χ1v) is 6.39. The maximum Gasteiger partial charge on any atom is 0.257 e. The number of nitrogens with one attached hydrogen (secondary N) is 3. The van der Waals surface area contributed by atoms with E-state index in [2.05, 4.69) is 20.8 Å². The molecular weight excluding hydrogens is 276 g/mol. The van der Waals surface area contributed by atoms with Crippen molar-refractivity contribution in [1.29, 1.82) is 0 Å². The van der Waals surface area contributed by atoms with Crippen LogP contribution in [0.1, 0.15) is 21.6 Å². The number of hydrogen-bond acceptors (Lipinski definition) is 6. The van der Waals surface area contributed by atoms with Gasteiger partial charge >= 0.3 is 0 Å². The van der Waals surface area contributed by atoms with E-state index >= 15 is 0 Å². The summed E-state index contributed by atoms with van der Waals surface area (Å²) in [6, 6.07) is 2.14. The van der Waals surface area contributed by atoms with E-state index in [9.17, 15) is 20.1 Å². The highest BCUT2D eigenvalue weighted by Gasteiger charge is 2.20. The third-order valence-corrected chi connectivity index (χ3v) is 3.37. The number of amides is 1. The number of benzene rings is 1. The minimum Gasteiger partial charge on any atom is -0.504 e. The van der Waals surface area contributed by atoms with E-state index < -0.39 is 23.2 Å². The van der Waals surface area contributed by atoms with Crippen LogP contribution in [0.3, 0.4) is 0 Å². The lowest BCUT2D eigenvalue weighted by atomic mass is 10.1. The summed E-state index contributed by atoms with van der Waals surface area (Å²) in [7, 11) is 0. The Morgan fingerprint density at radius 2 is 1.95 bits per heavy atom. The number of phenolic OH excluding ortho intramolecular Hbond substituents is 3. The zero-order valence-corrected chi connectivity index (χ0v) is 11.0. The van der Waals surface area contributed by atoms with Gasteiger partial charge in [-0.3, -0.25) is 9.89 Å². The zero-order valence-electron chi connectivity index (χ0n) is 11.0. The number of aromatic hydroxyl groups is 3. The SMILES string of the molecule is O=C(Nc1n[nH]c2c1CNCC2)c1cc(O)c(O)c(O)c1. The Morgan fingerprint density at radius 3 is 2.67 bits per heavy atom. The lowest BCUT2D eigenvalue weighted by Gasteiger charge is -2.13. The third-order valence-electron chi connectivity index (χ3n) is 3.37. The van der Waals surface area contributed by atoms with Gasteiger partial charge in [-0.1, -0.05) is 0 Å². The summed E-state index contributed by atoms with van der Waals surface area (Å²) in [5.41, 5.74) is 1.88. The second-order valence-corrected chi connectivity index (χ2v) is 4.77. The standard InChI is InChI=1S/C13H14N4O4/c18-9-3-6(4-10(19)11(9)20)13(21)15-12-7-5-14-2-1-8(7)16-17-12/h3-4,14,18-20H,1-2,5H2,(H2,15,16,17,21). The van der Waals surface area contributed by atoms with Gasteiger partial charge in [-0.25, -0.2) is 0 Å². The maximum atomic E-state index is 12.1. The molecule has 3 rings (SSSR count). The Bertz CT molecular complexity index is 687. The molecular formula is C13H14N4O4. The zero-order chi connectivity index (χ0) is 15.0. The van der Waals surface area contributed by atoms with Gasteiger partial charge in [0.05, 0.1) is 0 Å². The van der Waals surface area contributed by atoms with Gasteiger partial charge in [0.15, 0.2) is 23.1 Å². The van der Waals surface area contributed by atoms with Crippen molar-refractivity contribution in [3.63, 3.8) is 0 Å². The number of carbonyl (C=O) groups is 1. The topological polar surface area (TPSA) is 130 Å². The van der Waals surface area contributed by atoms with Gasteiger partial charge in [-0.05, 0) is 12.1 Å². The van der Waals surface area contributed by atoms with Gasteiger partial charge < -0.3 is 26.0 Å². The molecule has 1 aliphatic heterocycles. The van der Waals surface area contributed by atoms with Crippen molar-refractivity contribution in [3.8, 4) is 17.2 Å². The van der Waals surface area contributed by atoms with Crippen molar-refractivity contribution in [3.05, 3.63) is 29.0 Å². The molecule has 21 heavy (non-hydrogen) atoms. The molecule has 0 atom stereocenters. The second-order valence-electron chi connectivity index (χ2n) is 4.77. The number of fused-ring (bicyclic) bond motifs is 1. The number of rotatable bonds is 2. The molecule has 0 fully saturated rings. The van der Waals surface area contributed by atoms with Gasteiger partial charge in [0.2, 0.25) is 0 Å². The highest BCUT2D eigenvalue weighted by atomic mass is 16.3. The summed E-state index contributed by atoms with van der Waals surface area (Å²) in [4.78, 5) is 12.1. The van der Waals surface area contributed by atoms with Crippen molar-refractivity contribution < 1.29 is 20.1 Å². The minimum absolute atomic E-state index is 0.0170. The first-order chi connectivity index (χ1) is 10.1. The van der Waals surface area contributed by atoms with Gasteiger partial charge in [0, 0.05) is 36.3 Å². The van der Waals surface area contributed by atoms with Gasteiger partial charge in [0.1, 0.15) is 0 Å². The predicted molar refractivity (Wildman–Crippen MR) is 73.4 cm³/mol. The number of hydrogen-bond donors (Lipinski definition) is 6. The molecule has 6 N–H and O–H groups in total. The average Bonchev–Trinajstić information content (AvgIpc) is 2.87. The van der Waals surface area contributed by atoms with Crippen LogP contribution < -0.4 is 10.6 Å². The van der Waals surface area contributed by atoms with Crippen LogP contribution in [0.4, 0.5) is 5.82 Å². The summed E-state index contributed by atoms with van der Waals surface area (Å²) < 4.78 is 0. The van der Waals surface area contributed by atoms with Crippen LogP contribution in [0, 0.1) is 0 Å². The third kappa shape index (κ3) is 2.36. The normalized spacial score (nSPS) is 13.7. The first kappa shape index (κ1) is 13.3. The molecule has 1 aromatic carbocycles. The molecule has 0 bridgehead atoms. The van der Waals surface area contributed by atoms with Crippen LogP contribution in [0.15, 0.2) is 12.1 Å². The fraction of sp³-hybridized carbons (Fsp3) is 0.231. The van der Waals surface area contributed by atoms with E-state index in [0.717, 1.165) is 36.4 Å². The molecule has 0 aliphatic carbocycles. The summed E-state index contributed by atoms with van der Waals surface area (Å²) in [6.45, 7) is 1.45. The molecule has 0 unspecified atom stereocenters. The predicted octanol–water partition coefficient (Wildman–Crippen LogP) is 0.424. The molecule has 0 spiro atoms. The van der Waals surface area contributed by atoms with E-state index in [1.807, 2.05) is 0 Å². The van der Waals surface area contributed by atoms with Crippen LogP contribution in [0.5, 0.6) is 17.2 Å². The Labute approximate surface area is 119 Å². The van der Waals surface area contributed by atoms with Crippen LogP contribution in [-0.2, 0) is 13.0 Å². The van der Waals surface area contributed by atoms with E-state index in [-0.39, 0.29) is 5.56 Å². The number of aromatic amines is 1. The second kappa shape index (κ2) is 4.98. The monoisotopic (exact) mass is 290 g/mol. The van der Waals surface area contributed by atoms with E-state index in [0.29, 0.717) is 12.4 Å². The van der Waals surface area contributed by atoms with Crippen LogP contribution in [0.25, 0.3) is 0 Å². The Kier molecular flexibility index (Phi) is 3.15. The molecule has 1 aromatic heterocycles. The number of phenols is 3. The Balaban J connectivity index is 1.85. The number of H-pyrrole nitrogens is 1. The smallest absolute Gasteiger partial charge is 0.257 e. The molecule has 8 nitrogen and oxygen atoms in total. The van der Waals surface area contributed by atoms with Crippen LogP contribution in [0.2, 0.25) is 0 Å². The molecule has 110 valence electrons. The molecule has 2 heterocycles. The fourth-order valence-electron chi connectivity index (χ4n) is 2.24. The summed E-state index contributed by atoms with van der Waals surface area (Å²) in [5, 5.41) is 40.8. The molecule has 1 amide bonds. The molecule has 0 radical (unpaired) electrons. The summed E-state index contributed by atoms with van der Waals surface area (Å²) in [5.74, 6) is -1.92.